The molecule has 8 heteroatoms. The molecule has 3 atom stereocenters. The zero-order chi connectivity index (χ0) is 22.2. The molecule has 1 aromatic carbocycles. The van der Waals surface area contributed by atoms with E-state index in [4.69, 9.17) is 20.8 Å². The van der Waals surface area contributed by atoms with Crippen LogP contribution in [-0.2, 0) is 4.74 Å². The number of carbonyl (C=O) groups is 2. The van der Waals surface area contributed by atoms with Gasteiger partial charge in [0.15, 0.2) is 17.8 Å². The van der Waals surface area contributed by atoms with Gasteiger partial charge in [0.1, 0.15) is 5.60 Å². The predicted octanol–water partition coefficient (Wildman–Crippen LogP) is 4.76. The number of oxazole rings is 1. The van der Waals surface area contributed by atoms with Crippen molar-refractivity contribution >= 4 is 23.6 Å². The summed E-state index contributed by atoms with van der Waals surface area (Å²) in [6, 6.07) is 7.23. The molecule has 1 saturated heterocycles. The Balaban J connectivity index is 1.48. The van der Waals surface area contributed by atoms with E-state index in [-0.39, 0.29) is 23.6 Å². The zero-order valence-electron chi connectivity index (χ0n) is 18.1. The molecular weight excluding hydrogens is 418 g/mol. The maximum atomic E-state index is 13.3. The van der Waals surface area contributed by atoms with Crippen molar-refractivity contribution in [2.24, 2.45) is 11.8 Å². The molecule has 166 valence electrons. The second kappa shape index (κ2) is 8.54. The number of nitrogens with zero attached hydrogens (tertiary/aromatic N) is 2. The lowest BCUT2D eigenvalue weighted by Crippen LogP contribution is -2.47. The van der Waals surface area contributed by atoms with Crippen molar-refractivity contribution < 1.29 is 18.7 Å². The Morgan fingerprint density at radius 3 is 2.74 bits per heavy atom. The van der Waals surface area contributed by atoms with E-state index in [1.807, 2.05) is 43.9 Å². The van der Waals surface area contributed by atoms with Crippen LogP contribution in [0.1, 0.15) is 50.5 Å². The Morgan fingerprint density at radius 2 is 2.00 bits per heavy atom. The number of rotatable bonds is 3. The molecule has 2 fully saturated rings. The minimum atomic E-state index is -0.544. The van der Waals surface area contributed by atoms with Gasteiger partial charge >= 0.3 is 6.09 Å². The van der Waals surface area contributed by atoms with Gasteiger partial charge in [0.2, 0.25) is 0 Å². The van der Waals surface area contributed by atoms with Crippen LogP contribution in [0.4, 0.5) is 4.79 Å². The minimum Gasteiger partial charge on any atom is -0.444 e. The summed E-state index contributed by atoms with van der Waals surface area (Å²) in [7, 11) is 0. The molecule has 0 spiro atoms. The highest BCUT2D eigenvalue weighted by molar-refractivity contribution is 6.33. The van der Waals surface area contributed by atoms with E-state index in [0.717, 1.165) is 19.3 Å². The highest BCUT2D eigenvalue weighted by atomic mass is 35.5. The van der Waals surface area contributed by atoms with E-state index in [9.17, 15) is 9.59 Å². The van der Waals surface area contributed by atoms with Crippen LogP contribution in [0.15, 0.2) is 35.1 Å². The molecule has 1 saturated carbocycles. The van der Waals surface area contributed by atoms with Crippen molar-refractivity contribution in [3.8, 4) is 11.3 Å². The van der Waals surface area contributed by atoms with Gasteiger partial charge in [-0.05, 0) is 51.7 Å². The molecule has 2 aliphatic rings. The summed E-state index contributed by atoms with van der Waals surface area (Å²) in [5.74, 6) is 0.747. The molecule has 1 aliphatic heterocycles. The van der Waals surface area contributed by atoms with Crippen LogP contribution >= 0.6 is 11.6 Å². The van der Waals surface area contributed by atoms with Crippen molar-refractivity contribution in [3.63, 3.8) is 0 Å². The van der Waals surface area contributed by atoms with Crippen LogP contribution in [-0.4, -0.2) is 46.6 Å². The standard InChI is InChI=1S/C23H28ClN3O4/c1-23(2,3)31-22(29)26-18-10-6-7-14-11-27(12-16(14)18)21(28)19-20(30-13-25-19)15-8-4-5-9-17(15)24/h4-5,8-9,13-14,16,18H,6-7,10-12H2,1-3H3,(H,26,29)/t14-,16+,18+/m0/s1. The first-order valence-corrected chi connectivity index (χ1v) is 11.1. The van der Waals surface area contributed by atoms with Gasteiger partial charge < -0.3 is 19.4 Å². The van der Waals surface area contributed by atoms with Gasteiger partial charge in [-0.25, -0.2) is 9.78 Å². The zero-order valence-corrected chi connectivity index (χ0v) is 18.8. The van der Waals surface area contributed by atoms with E-state index >= 15 is 0 Å². The van der Waals surface area contributed by atoms with Gasteiger partial charge in [0, 0.05) is 30.6 Å². The fraction of sp³-hybridized carbons (Fsp3) is 0.522. The summed E-state index contributed by atoms with van der Waals surface area (Å²) in [4.78, 5) is 31.6. The van der Waals surface area contributed by atoms with Crippen LogP contribution in [0.25, 0.3) is 11.3 Å². The normalized spacial score (nSPS) is 23.4. The van der Waals surface area contributed by atoms with Crippen LogP contribution in [0.2, 0.25) is 5.02 Å². The number of fused-ring (bicyclic) bond motifs is 1. The lowest BCUT2D eigenvalue weighted by Gasteiger charge is -2.33. The fourth-order valence-electron chi connectivity index (χ4n) is 4.66. The Hall–Kier alpha value is -2.54. The molecule has 1 aromatic heterocycles. The number of halogens is 1. The molecule has 2 amide bonds. The van der Waals surface area contributed by atoms with Crippen LogP contribution in [0.3, 0.4) is 0 Å². The Morgan fingerprint density at radius 1 is 1.23 bits per heavy atom. The summed E-state index contributed by atoms with van der Waals surface area (Å²) in [5.41, 5.74) is 0.368. The van der Waals surface area contributed by atoms with E-state index in [0.29, 0.717) is 35.4 Å². The molecule has 0 unspecified atom stereocenters. The van der Waals surface area contributed by atoms with Gasteiger partial charge in [0.05, 0.1) is 5.02 Å². The number of likely N-dealkylation sites (tertiary alicyclic amines) is 1. The van der Waals surface area contributed by atoms with Crippen molar-refractivity contribution in [2.45, 2.75) is 51.7 Å². The van der Waals surface area contributed by atoms with Crippen molar-refractivity contribution in [2.75, 3.05) is 13.1 Å². The maximum Gasteiger partial charge on any atom is 0.407 e. The van der Waals surface area contributed by atoms with Crippen molar-refractivity contribution in [1.29, 1.82) is 0 Å². The highest BCUT2D eigenvalue weighted by Gasteiger charge is 2.43. The predicted molar refractivity (Wildman–Crippen MR) is 117 cm³/mol. The average molecular weight is 446 g/mol. The second-order valence-electron chi connectivity index (χ2n) is 9.33. The highest BCUT2D eigenvalue weighted by Crippen LogP contribution is 2.38. The van der Waals surface area contributed by atoms with Crippen molar-refractivity contribution in [1.82, 2.24) is 15.2 Å². The van der Waals surface area contributed by atoms with Gasteiger partial charge in [0.25, 0.3) is 5.91 Å². The number of nitrogens with one attached hydrogen (secondary N) is 1. The largest absolute Gasteiger partial charge is 0.444 e. The fourth-order valence-corrected chi connectivity index (χ4v) is 4.88. The van der Waals surface area contributed by atoms with Crippen molar-refractivity contribution in [3.05, 3.63) is 41.4 Å². The summed E-state index contributed by atoms with van der Waals surface area (Å²) in [5, 5.41) is 3.54. The molecule has 0 radical (unpaired) electrons. The molecule has 1 aliphatic carbocycles. The Kier molecular flexibility index (Phi) is 5.97. The third-order valence-electron chi connectivity index (χ3n) is 5.98. The first-order valence-electron chi connectivity index (χ1n) is 10.7. The summed E-state index contributed by atoms with van der Waals surface area (Å²) in [6.07, 6.45) is 3.81. The van der Waals surface area contributed by atoms with Gasteiger partial charge in [-0.2, -0.15) is 0 Å². The molecule has 4 rings (SSSR count). The number of benzene rings is 1. The summed E-state index contributed by atoms with van der Waals surface area (Å²) in [6.45, 7) is 6.76. The van der Waals surface area contributed by atoms with E-state index in [2.05, 4.69) is 10.3 Å². The monoisotopic (exact) mass is 445 g/mol. The summed E-state index contributed by atoms with van der Waals surface area (Å²) < 4.78 is 11.0. The number of carbonyl (C=O) groups excluding carboxylic acids is 2. The van der Waals surface area contributed by atoms with Gasteiger partial charge in [-0.1, -0.05) is 30.2 Å². The SMILES string of the molecule is CC(C)(C)OC(=O)N[C@@H]1CCC[C@H]2CN(C(=O)c3ncoc3-c3ccccc3Cl)C[C@H]21. The molecule has 1 N–H and O–H groups in total. The maximum absolute atomic E-state index is 13.3. The average Bonchev–Trinajstić information content (AvgIpc) is 3.34. The number of aromatic nitrogens is 1. The lowest BCUT2D eigenvalue weighted by molar-refractivity contribution is 0.0460. The van der Waals surface area contributed by atoms with E-state index in [1.165, 1.54) is 6.39 Å². The number of amides is 2. The number of hydrogen-bond acceptors (Lipinski definition) is 5. The third-order valence-corrected chi connectivity index (χ3v) is 6.31. The minimum absolute atomic E-state index is 0.00764. The number of hydrogen-bond donors (Lipinski definition) is 1. The first-order chi connectivity index (χ1) is 14.7. The topological polar surface area (TPSA) is 84.7 Å². The molecule has 31 heavy (non-hydrogen) atoms. The van der Waals surface area contributed by atoms with E-state index < -0.39 is 11.7 Å². The van der Waals surface area contributed by atoms with Crippen LogP contribution < -0.4 is 5.32 Å². The first kappa shape index (κ1) is 21.7. The molecule has 2 heterocycles. The second-order valence-corrected chi connectivity index (χ2v) is 9.73. The van der Waals surface area contributed by atoms with Crippen LogP contribution in [0, 0.1) is 11.8 Å². The summed E-state index contributed by atoms with van der Waals surface area (Å²) >= 11 is 6.30. The number of ether oxygens (including phenoxy) is 1. The van der Waals surface area contributed by atoms with Gasteiger partial charge in [-0.15, -0.1) is 0 Å². The molecule has 7 nitrogen and oxygen atoms in total. The quantitative estimate of drug-likeness (QED) is 0.736. The third kappa shape index (κ3) is 4.71. The van der Waals surface area contributed by atoms with Crippen LogP contribution in [0.5, 0.6) is 0 Å². The smallest absolute Gasteiger partial charge is 0.407 e. The molecule has 2 aromatic rings. The Labute approximate surface area is 187 Å². The molecular formula is C23H28ClN3O4. The lowest BCUT2D eigenvalue weighted by atomic mass is 9.78. The number of alkyl carbamates (subject to hydrolysis) is 1. The Bertz CT molecular complexity index is 968. The molecule has 0 bridgehead atoms. The van der Waals surface area contributed by atoms with Gasteiger partial charge in [-0.3, -0.25) is 4.79 Å². The van der Waals surface area contributed by atoms with E-state index in [1.54, 1.807) is 6.07 Å².